The van der Waals surface area contributed by atoms with Crippen molar-refractivity contribution >= 4 is 17.3 Å². The van der Waals surface area contributed by atoms with E-state index < -0.39 is 46.6 Å². The van der Waals surface area contributed by atoms with E-state index in [1.807, 2.05) is 0 Å². The summed E-state index contributed by atoms with van der Waals surface area (Å²) in [7, 11) is 0. The molecule has 0 amide bonds. The topological polar surface area (TPSA) is 83.7 Å². The van der Waals surface area contributed by atoms with E-state index in [0.717, 1.165) is 18.2 Å². The van der Waals surface area contributed by atoms with Crippen LogP contribution in [-0.4, -0.2) is 34.8 Å². The van der Waals surface area contributed by atoms with Gasteiger partial charge in [0.05, 0.1) is 10.5 Å². The Morgan fingerprint density at radius 2 is 2.00 bits per heavy atom. The molecule has 21 heavy (non-hydrogen) atoms. The molecule has 0 aromatic heterocycles. The zero-order valence-electron chi connectivity index (χ0n) is 11.2. The number of hydrogen-bond donors (Lipinski definition) is 1. The van der Waals surface area contributed by atoms with E-state index in [4.69, 9.17) is 5.11 Å². The van der Waals surface area contributed by atoms with Crippen molar-refractivity contribution in [3.05, 3.63) is 33.9 Å². The lowest BCUT2D eigenvalue weighted by molar-refractivity contribution is -0.384. The quantitative estimate of drug-likeness (QED) is 0.667. The Morgan fingerprint density at radius 1 is 1.43 bits per heavy atom. The van der Waals surface area contributed by atoms with Gasteiger partial charge in [0.15, 0.2) is 0 Å². The molecule has 0 saturated carbocycles. The number of carboxylic acids is 1. The monoisotopic (exact) mass is 306 g/mol. The van der Waals surface area contributed by atoms with Gasteiger partial charge in [-0.1, -0.05) is 6.07 Å². The van der Waals surface area contributed by atoms with Crippen LogP contribution in [0.15, 0.2) is 18.2 Å². The van der Waals surface area contributed by atoms with Crippen LogP contribution in [0.25, 0.3) is 0 Å². The van der Waals surface area contributed by atoms with E-state index in [0.29, 0.717) is 4.90 Å². The van der Waals surface area contributed by atoms with Gasteiger partial charge in [-0.3, -0.25) is 10.1 Å². The molecule has 1 aromatic rings. The second-order valence-corrected chi connectivity index (χ2v) is 4.57. The summed E-state index contributed by atoms with van der Waals surface area (Å²) in [6.07, 6.45) is -4.62. The number of hydrogen-bond acceptors (Lipinski definition) is 4. The molecule has 0 saturated heterocycles. The van der Waals surface area contributed by atoms with Gasteiger partial charge >= 0.3 is 12.1 Å². The molecule has 0 radical (unpaired) electrons. The SMILES string of the molecule is CC(C)N(CC(F)(F)F)c1c(C(=O)O)cccc1[N+](=O)[O-]. The van der Waals surface area contributed by atoms with Gasteiger partial charge in [-0.05, 0) is 19.9 Å². The predicted molar refractivity (Wildman–Crippen MR) is 68.6 cm³/mol. The zero-order valence-corrected chi connectivity index (χ0v) is 11.2. The number of nitro benzene ring substituents is 1. The molecule has 1 N–H and O–H groups in total. The zero-order chi connectivity index (χ0) is 16.4. The third kappa shape index (κ3) is 4.07. The normalized spacial score (nSPS) is 11.5. The Morgan fingerprint density at radius 3 is 2.38 bits per heavy atom. The Bertz CT molecular complexity index is 526. The fourth-order valence-corrected chi connectivity index (χ4v) is 1.87. The first-order valence-corrected chi connectivity index (χ1v) is 5.88. The molecule has 0 fully saturated rings. The van der Waals surface area contributed by atoms with Gasteiger partial charge in [0.1, 0.15) is 12.2 Å². The van der Waals surface area contributed by atoms with Crippen molar-refractivity contribution in [1.29, 1.82) is 0 Å². The first-order chi connectivity index (χ1) is 9.54. The first-order valence-electron chi connectivity index (χ1n) is 5.88. The van der Waals surface area contributed by atoms with Gasteiger partial charge in [0.2, 0.25) is 0 Å². The summed E-state index contributed by atoms with van der Waals surface area (Å²) < 4.78 is 38.0. The number of rotatable bonds is 5. The highest BCUT2D eigenvalue weighted by molar-refractivity contribution is 5.97. The van der Waals surface area contributed by atoms with Crippen molar-refractivity contribution in [3.63, 3.8) is 0 Å². The average molecular weight is 306 g/mol. The summed E-state index contributed by atoms with van der Waals surface area (Å²) in [4.78, 5) is 21.9. The third-order valence-corrected chi connectivity index (χ3v) is 2.70. The molecule has 1 aromatic carbocycles. The number of aromatic carboxylic acids is 1. The fourth-order valence-electron chi connectivity index (χ4n) is 1.87. The van der Waals surface area contributed by atoms with Crippen LogP contribution in [0, 0.1) is 10.1 Å². The summed E-state index contributed by atoms with van der Waals surface area (Å²) in [6, 6.07) is 2.37. The Hall–Kier alpha value is -2.32. The lowest BCUT2D eigenvalue weighted by Gasteiger charge is -2.30. The van der Waals surface area contributed by atoms with Crippen LogP contribution in [-0.2, 0) is 0 Å². The summed E-state index contributed by atoms with van der Waals surface area (Å²) in [5.74, 6) is -1.53. The largest absolute Gasteiger partial charge is 0.478 e. The van der Waals surface area contributed by atoms with Crippen LogP contribution >= 0.6 is 0 Å². The molecule has 0 atom stereocenters. The minimum absolute atomic E-state index is 0.540. The maximum atomic E-state index is 12.7. The number of carboxylic acid groups (broad SMARTS) is 1. The highest BCUT2D eigenvalue weighted by Crippen LogP contribution is 2.35. The number of benzene rings is 1. The van der Waals surface area contributed by atoms with Crippen LogP contribution in [0.3, 0.4) is 0 Å². The molecular weight excluding hydrogens is 293 g/mol. The molecule has 6 nitrogen and oxygen atoms in total. The molecule has 0 aliphatic heterocycles. The van der Waals surface area contributed by atoms with Gasteiger partial charge in [0, 0.05) is 12.1 Å². The Balaban J connectivity index is 3.54. The number of para-hydroxylation sites is 1. The summed E-state index contributed by atoms with van der Waals surface area (Å²) in [6.45, 7) is 1.32. The Kier molecular flexibility index (Phi) is 4.77. The minimum atomic E-state index is -4.62. The summed E-state index contributed by atoms with van der Waals surface area (Å²) in [5.41, 5.74) is -1.75. The molecular formula is C12H13F3N2O4. The smallest absolute Gasteiger partial charge is 0.405 e. The average Bonchev–Trinajstić information content (AvgIpc) is 2.33. The van der Waals surface area contributed by atoms with Gasteiger partial charge in [-0.15, -0.1) is 0 Å². The van der Waals surface area contributed by atoms with E-state index in [9.17, 15) is 28.1 Å². The molecule has 0 aliphatic carbocycles. The summed E-state index contributed by atoms with van der Waals surface area (Å²) in [5, 5.41) is 20.1. The number of nitro groups is 1. The van der Waals surface area contributed by atoms with Crippen molar-refractivity contribution in [2.45, 2.75) is 26.1 Å². The highest BCUT2D eigenvalue weighted by Gasteiger charge is 2.36. The highest BCUT2D eigenvalue weighted by atomic mass is 19.4. The van der Waals surface area contributed by atoms with Crippen LogP contribution < -0.4 is 4.90 Å². The van der Waals surface area contributed by atoms with Crippen LogP contribution in [0.5, 0.6) is 0 Å². The number of halogens is 3. The summed E-state index contributed by atoms with van der Waals surface area (Å²) >= 11 is 0. The third-order valence-electron chi connectivity index (χ3n) is 2.70. The van der Waals surface area contributed by atoms with E-state index in [1.165, 1.54) is 13.8 Å². The molecule has 0 unspecified atom stereocenters. The minimum Gasteiger partial charge on any atom is -0.478 e. The molecule has 0 spiro atoms. The number of alkyl halides is 3. The standard InChI is InChI=1S/C12H13F3N2O4/c1-7(2)16(6-12(13,14)15)10-8(11(18)19)4-3-5-9(10)17(20)21/h3-5,7H,6H2,1-2H3,(H,18,19). The molecule has 0 heterocycles. The van der Waals surface area contributed by atoms with Crippen molar-refractivity contribution in [2.24, 2.45) is 0 Å². The molecule has 0 bridgehead atoms. The number of anilines is 1. The predicted octanol–water partition coefficient (Wildman–Crippen LogP) is 3.07. The van der Waals surface area contributed by atoms with Gasteiger partial charge in [-0.25, -0.2) is 4.79 Å². The maximum absolute atomic E-state index is 12.7. The van der Waals surface area contributed by atoms with Gasteiger partial charge < -0.3 is 10.0 Å². The van der Waals surface area contributed by atoms with E-state index >= 15 is 0 Å². The fraction of sp³-hybridized carbons (Fsp3) is 0.417. The molecule has 116 valence electrons. The van der Waals surface area contributed by atoms with Crippen LogP contribution in [0.1, 0.15) is 24.2 Å². The second-order valence-electron chi connectivity index (χ2n) is 4.57. The van der Waals surface area contributed by atoms with Gasteiger partial charge in [0.25, 0.3) is 5.69 Å². The van der Waals surface area contributed by atoms with E-state index in [-0.39, 0.29) is 0 Å². The number of carbonyl (C=O) groups is 1. The first kappa shape index (κ1) is 16.7. The maximum Gasteiger partial charge on any atom is 0.405 e. The number of nitrogens with zero attached hydrogens (tertiary/aromatic N) is 2. The molecule has 1 rings (SSSR count). The molecule has 0 aliphatic rings. The second kappa shape index (κ2) is 5.98. The van der Waals surface area contributed by atoms with E-state index in [2.05, 4.69) is 0 Å². The Labute approximate surface area is 117 Å². The molecule has 9 heteroatoms. The lowest BCUT2D eigenvalue weighted by Crippen LogP contribution is -2.40. The van der Waals surface area contributed by atoms with Crippen molar-refractivity contribution in [3.8, 4) is 0 Å². The van der Waals surface area contributed by atoms with Crippen LogP contribution in [0.4, 0.5) is 24.5 Å². The van der Waals surface area contributed by atoms with Gasteiger partial charge in [-0.2, -0.15) is 13.2 Å². The van der Waals surface area contributed by atoms with Crippen molar-refractivity contribution < 1.29 is 28.0 Å². The van der Waals surface area contributed by atoms with E-state index in [1.54, 1.807) is 0 Å². The van der Waals surface area contributed by atoms with Crippen molar-refractivity contribution in [2.75, 3.05) is 11.4 Å². The lowest BCUT2D eigenvalue weighted by atomic mass is 10.1. The van der Waals surface area contributed by atoms with Crippen molar-refractivity contribution in [1.82, 2.24) is 0 Å². The van der Waals surface area contributed by atoms with Crippen LogP contribution in [0.2, 0.25) is 0 Å².